The van der Waals surface area contributed by atoms with Crippen molar-refractivity contribution in [3.63, 3.8) is 0 Å². The number of fused-ring (bicyclic) bond motifs is 2. The predicted octanol–water partition coefficient (Wildman–Crippen LogP) is 5.48. The number of hydrogen-bond donors (Lipinski definition) is 1. The number of rotatable bonds is 3. The Kier molecular flexibility index (Phi) is 4.39. The molecule has 2 N–H and O–H groups in total. The second kappa shape index (κ2) is 7.25. The van der Waals surface area contributed by atoms with E-state index in [1.807, 2.05) is 36.5 Å². The largest absolute Gasteiger partial charge is 0.383 e. The smallest absolute Gasteiger partial charge is 0.265 e. The molecule has 5 aromatic rings. The van der Waals surface area contributed by atoms with Crippen LogP contribution in [0.25, 0.3) is 38.6 Å². The molecule has 1 saturated carbocycles. The van der Waals surface area contributed by atoms with E-state index in [2.05, 4.69) is 28.4 Å². The van der Waals surface area contributed by atoms with Crippen molar-refractivity contribution in [3.8, 4) is 16.8 Å². The Morgan fingerprint density at radius 1 is 1.00 bits per heavy atom. The maximum atomic E-state index is 16.1. The molecule has 0 bridgehead atoms. The zero-order valence-corrected chi connectivity index (χ0v) is 19.0. The van der Waals surface area contributed by atoms with E-state index in [9.17, 15) is 4.79 Å². The van der Waals surface area contributed by atoms with E-state index in [0.29, 0.717) is 39.1 Å². The fraction of sp³-hybridized carbons (Fsp3) is 0.222. The molecule has 0 spiro atoms. The maximum Gasteiger partial charge on any atom is 0.265 e. The number of benzene rings is 2. The van der Waals surface area contributed by atoms with Gasteiger partial charge in [0, 0.05) is 35.2 Å². The Labute approximate surface area is 195 Å². The van der Waals surface area contributed by atoms with E-state index in [-0.39, 0.29) is 16.8 Å². The summed E-state index contributed by atoms with van der Waals surface area (Å²) < 4.78 is 19.6. The minimum atomic E-state index is -0.566. The highest BCUT2D eigenvalue weighted by Crippen LogP contribution is 2.50. The van der Waals surface area contributed by atoms with Crippen molar-refractivity contribution in [2.24, 2.45) is 5.41 Å². The van der Waals surface area contributed by atoms with Crippen LogP contribution >= 0.6 is 0 Å². The first-order valence-electron chi connectivity index (χ1n) is 11.3. The Balaban J connectivity index is 1.59. The van der Waals surface area contributed by atoms with Crippen LogP contribution in [0.15, 0.2) is 72.0 Å². The molecule has 0 saturated heterocycles. The van der Waals surface area contributed by atoms with Gasteiger partial charge in [0.15, 0.2) is 0 Å². The van der Waals surface area contributed by atoms with Crippen LogP contribution in [-0.2, 0) is 0 Å². The second-order valence-corrected chi connectivity index (χ2v) is 9.85. The fourth-order valence-electron chi connectivity index (χ4n) is 5.29. The van der Waals surface area contributed by atoms with E-state index in [1.54, 1.807) is 24.4 Å². The summed E-state index contributed by atoms with van der Waals surface area (Å²) in [4.78, 5) is 22.0. The molecule has 0 radical (unpaired) electrons. The minimum absolute atomic E-state index is 0.0463. The number of pyridine rings is 1. The fourth-order valence-corrected chi connectivity index (χ4v) is 5.29. The first-order chi connectivity index (χ1) is 16.3. The number of para-hydroxylation sites is 1. The lowest BCUT2D eigenvalue weighted by Crippen LogP contribution is -2.33. The molecule has 6 rings (SSSR count). The number of hydrogen-bond acceptors (Lipinski definition) is 4. The molecule has 0 atom stereocenters. The number of nitrogen functional groups attached to an aromatic ring is 1. The van der Waals surface area contributed by atoms with Crippen molar-refractivity contribution in [1.29, 1.82) is 0 Å². The molecule has 0 aliphatic heterocycles. The lowest BCUT2D eigenvalue weighted by Gasteiger charge is -2.43. The van der Waals surface area contributed by atoms with Gasteiger partial charge in [0.25, 0.3) is 5.56 Å². The molecule has 3 aromatic heterocycles. The minimum Gasteiger partial charge on any atom is -0.383 e. The summed E-state index contributed by atoms with van der Waals surface area (Å²) in [6, 6.07) is 14.7. The summed E-state index contributed by atoms with van der Waals surface area (Å²) in [5.74, 6) is -0.268. The molecule has 0 amide bonds. The zero-order chi connectivity index (χ0) is 23.6. The lowest BCUT2D eigenvalue weighted by atomic mass is 9.68. The average Bonchev–Trinajstić information content (AvgIpc) is 3.19. The van der Waals surface area contributed by atoms with Gasteiger partial charge in [-0.3, -0.25) is 9.36 Å². The van der Waals surface area contributed by atoms with Crippen molar-refractivity contribution < 1.29 is 4.39 Å². The van der Waals surface area contributed by atoms with Gasteiger partial charge in [0.05, 0.1) is 10.8 Å². The summed E-state index contributed by atoms with van der Waals surface area (Å²) in [7, 11) is 0. The Hall–Kier alpha value is -4.00. The van der Waals surface area contributed by atoms with Crippen molar-refractivity contribution in [2.75, 3.05) is 5.73 Å². The molecule has 6 nitrogen and oxygen atoms in total. The van der Waals surface area contributed by atoms with E-state index in [1.165, 1.54) is 10.9 Å². The van der Waals surface area contributed by atoms with Gasteiger partial charge in [-0.2, -0.15) is 0 Å². The maximum absolute atomic E-state index is 16.1. The monoisotopic (exact) mass is 453 g/mol. The third kappa shape index (κ3) is 3.04. The van der Waals surface area contributed by atoms with Crippen molar-refractivity contribution in [1.82, 2.24) is 19.1 Å². The quantitative estimate of drug-likeness (QED) is 0.392. The Morgan fingerprint density at radius 3 is 2.50 bits per heavy atom. The standard InChI is InChI=1S/C27H24FN5O/c1-27(2)12-18(13-27)33-14-20(22-24(29)30-15-31-25(22)33)19-9-8-16-10-11-32(17-6-4-3-5-7-17)26(34)21(16)23(19)28/h3-11,14-15,18H,12-13H2,1-2H3,(H2,29,30,31). The number of nitrogens with zero attached hydrogens (tertiary/aromatic N) is 4. The highest BCUT2D eigenvalue weighted by atomic mass is 19.1. The van der Waals surface area contributed by atoms with Crippen LogP contribution < -0.4 is 11.3 Å². The Bertz CT molecular complexity index is 1630. The molecule has 170 valence electrons. The van der Waals surface area contributed by atoms with Crippen LogP contribution in [0.2, 0.25) is 0 Å². The van der Waals surface area contributed by atoms with Crippen molar-refractivity contribution in [3.05, 3.63) is 83.4 Å². The van der Waals surface area contributed by atoms with E-state index in [4.69, 9.17) is 5.73 Å². The molecule has 3 heterocycles. The van der Waals surface area contributed by atoms with E-state index >= 15 is 4.39 Å². The second-order valence-electron chi connectivity index (χ2n) is 9.85. The molecule has 2 aromatic carbocycles. The van der Waals surface area contributed by atoms with Gasteiger partial charge in [0.1, 0.15) is 23.6 Å². The Morgan fingerprint density at radius 2 is 1.76 bits per heavy atom. The van der Waals surface area contributed by atoms with Gasteiger partial charge in [-0.25, -0.2) is 14.4 Å². The van der Waals surface area contributed by atoms with E-state index in [0.717, 1.165) is 12.8 Å². The van der Waals surface area contributed by atoms with Crippen LogP contribution in [0.4, 0.5) is 10.2 Å². The molecule has 7 heteroatoms. The van der Waals surface area contributed by atoms with E-state index < -0.39 is 11.4 Å². The van der Waals surface area contributed by atoms with Gasteiger partial charge in [-0.05, 0) is 41.8 Å². The zero-order valence-electron chi connectivity index (χ0n) is 19.0. The first-order valence-corrected chi connectivity index (χ1v) is 11.3. The number of aromatic nitrogens is 4. The van der Waals surface area contributed by atoms with Gasteiger partial charge in [-0.1, -0.05) is 44.2 Å². The van der Waals surface area contributed by atoms with Gasteiger partial charge >= 0.3 is 0 Å². The van der Waals surface area contributed by atoms with Gasteiger partial charge in [-0.15, -0.1) is 0 Å². The molecule has 34 heavy (non-hydrogen) atoms. The topological polar surface area (TPSA) is 78.7 Å². The van der Waals surface area contributed by atoms with Crippen LogP contribution in [0.1, 0.15) is 32.7 Å². The number of nitrogens with two attached hydrogens (primary N) is 1. The average molecular weight is 454 g/mol. The third-order valence-electron chi connectivity index (χ3n) is 6.94. The predicted molar refractivity (Wildman–Crippen MR) is 132 cm³/mol. The van der Waals surface area contributed by atoms with Crippen LogP contribution in [0.5, 0.6) is 0 Å². The van der Waals surface area contributed by atoms with Crippen molar-refractivity contribution >= 4 is 27.6 Å². The highest BCUT2D eigenvalue weighted by molar-refractivity contribution is 6.02. The summed E-state index contributed by atoms with van der Waals surface area (Å²) >= 11 is 0. The van der Waals surface area contributed by atoms with Gasteiger partial charge in [0.2, 0.25) is 0 Å². The van der Waals surface area contributed by atoms with Crippen LogP contribution in [0, 0.1) is 11.2 Å². The highest BCUT2D eigenvalue weighted by Gasteiger charge is 2.38. The molecular formula is C27H24FN5O. The summed E-state index contributed by atoms with van der Waals surface area (Å²) in [5, 5.41) is 1.21. The van der Waals surface area contributed by atoms with Crippen molar-refractivity contribution in [2.45, 2.75) is 32.7 Å². The summed E-state index contributed by atoms with van der Waals surface area (Å²) in [6.45, 7) is 4.47. The summed E-state index contributed by atoms with van der Waals surface area (Å²) in [5.41, 5.74) is 8.41. The third-order valence-corrected chi connectivity index (χ3v) is 6.94. The molecule has 0 unspecified atom stereocenters. The number of anilines is 1. The molecule has 1 fully saturated rings. The van der Waals surface area contributed by atoms with Gasteiger partial charge < -0.3 is 10.3 Å². The normalized spacial score (nSPS) is 15.6. The van der Waals surface area contributed by atoms with Crippen LogP contribution in [-0.4, -0.2) is 19.1 Å². The first kappa shape index (κ1) is 20.6. The molecule has 1 aliphatic rings. The molecule has 1 aliphatic carbocycles. The SMILES string of the molecule is CC1(C)CC(n2cc(-c3ccc4ccn(-c5ccccc5)c(=O)c4c3F)c3c(N)ncnc32)C1. The van der Waals surface area contributed by atoms with Crippen LogP contribution in [0.3, 0.4) is 0 Å². The lowest BCUT2D eigenvalue weighted by molar-refractivity contribution is 0.107. The summed E-state index contributed by atoms with van der Waals surface area (Å²) in [6.07, 6.45) is 7.04. The number of halogens is 1. The molecular weight excluding hydrogens is 429 g/mol.